The van der Waals surface area contributed by atoms with Crippen LogP contribution in [0.4, 0.5) is 5.69 Å². The van der Waals surface area contributed by atoms with Gasteiger partial charge < -0.3 is 14.5 Å². The van der Waals surface area contributed by atoms with E-state index < -0.39 is 9.96 Å². The lowest BCUT2D eigenvalue weighted by molar-refractivity contribution is -0.486. The molecule has 0 radical (unpaired) electrons. The molecule has 2 fully saturated rings. The molecule has 2 aliphatic heterocycles. The van der Waals surface area contributed by atoms with Crippen molar-refractivity contribution >= 4 is 17.7 Å². The Morgan fingerprint density at radius 3 is 2.77 bits per heavy atom. The molecule has 1 aromatic rings. The molecule has 1 atom stereocenters. The van der Waals surface area contributed by atoms with Crippen molar-refractivity contribution in [1.82, 2.24) is 9.80 Å². The van der Waals surface area contributed by atoms with E-state index in [1.165, 1.54) is 6.07 Å². The number of nitrogens with zero attached hydrogens (tertiary/aromatic N) is 5. The number of guanidine groups is 1. The van der Waals surface area contributed by atoms with E-state index in [1.54, 1.807) is 35.4 Å². The minimum Gasteiger partial charge on any atom is -0.381 e. The van der Waals surface area contributed by atoms with E-state index in [2.05, 4.69) is 5.10 Å². The molecule has 10 heteroatoms. The fraction of sp³-hybridized carbons (Fsp3) is 0.438. The van der Waals surface area contributed by atoms with Crippen molar-refractivity contribution in [2.75, 3.05) is 32.8 Å². The van der Waals surface area contributed by atoms with Gasteiger partial charge in [-0.1, -0.05) is 12.1 Å². The molecule has 1 unspecified atom stereocenters. The van der Waals surface area contributed by atoms with Crippen molar-refractivity contribution in [3.05, 3.63) is 56.3 Å². The van der Waals surface area contributed by atoms with E-state index in [4.69, 9.17) is 4.74 Å². The van der Waals surface area contributed by atoms with Crippen molar-refractivity contribution < 1.29 is 14.7 Å². The molecular formula is C16H19N5O5. The van der Waals surface area contributed by atoms with Crippen LogP contribution in [0.15, 0.2) is 35.6 Å². The second-order valence-electron chi connectivity index (χ2n) is 6.14. The molecule has 0 aromatic heterocycles. The highest BCUT2D eigenvalue weighted by Crippen LogP contribution is 2.21. The number of nitro groups is 2. The van der Waals surface area contributed by atoms with Crippen molar-refractivity contribution in [2.45, 2.75) is 6.42 Å². The van der Waals surface area contributed by atoms with Gasteiger partial charge in [-0.15, -0.1) is 0 Å². The predicted octanol–water partition coefficient (Wildman–Crippen LogP) is 1.77. The van der Waals surface area contributed by atoms with Gasteiger partial charge in [-0.05, 0) is 18.6 Å². The van der Waals surface area contributed by atoms with Gasteiger partial charge in [0.25, 0.3) is 11.6 Å². The number of para-hydroxylation sites is 1. The van der Waals surface area contributed by atoms with Crippen LogP contribution >= 0.6 is 0 Å². The standard InChI is InChI=1S/C16H19N5O5/c22-20(23)15-4-2-1-3-14(15)5-7-18-8-9-19(16(18)17-21(24)25)11-13-6-10-26-12-13/h1-5,7,13H,6,8-12H2. The average Bonchev–Trinajstić information content (AvgIpc) is 3.24. The van der Waals surface area contributed by atoms with Gasteiger partial charge in [-0.3, -0.25) is 10.1 Å². The van der Waals surface area contributed by atoms with Gasteiger partial charge in [0.05, 0.1) is 17.1 Å². The van der Waals surface area contributed by atoms with Crippen LogP contribution in [0.1, 0.15) is 12.0 Å². The van der Waals surface area contributed by atoms with Crippen molar-refractivity contribution in [3.63, 3.8) is 0 Å². The highest BCUT2D eigenvalue weighted by atomic mass is 16.7. The molecule has 0 N–H and O–H groups in total. The monoisotopic (exact) mass is 361 g/mol. The number of rotatable bonds is 6. The molecule has 0 amide bonds. The summed E-state index contributed by atoms with van der Waals surface area (Å²) in [5.41, 5.74) is 0.413. The lowest BCUT2D eigenvalue weighted by atomic mass is 10.1. The average molecular weight is 361 g/mol. The minimum absolute atomic E-state index is 0.0179. The maximum Gasteiger partial charge on any atom is 0.278 e. The van der Waals surface area contributed by atoms with E-state index in [9.17, 15) is 20.2 Å². The third kappa shape index (κ3) is 4.14. The fourth-order valence-corrected chi connectivity index (χ4v) is 3.12. The Morgan fingerprint density at radius 1 is 1.27 bits per heavy atom. The van der Waals surface area contributed by atoms with Crippen LogP contribution in [0.3, 0.4) is 0 Å². The molecule has 10 nitrogen and oxygen atoms in total. The first kappa shape index (κ1) is 17.8. The predicted molar refractivity (Wildman–Crippen MR) is 93.8 cm³/mol. The molecule has 26 heavy (non-hydrogen) atoms. The number of hydrogen-bond acceptors (Lipinski definition) is 5. The molecule has 2 aliphatic rings. The summed E-state index contributed by atoms with van der Waals surface area (Å²) in [6, 6.07) is 6.34. The summed E-state index contributed by atoms with van der Waals surface area (Å²) in [4.78, 5) is 25.1. The van der Waals surface area contributed by atoms with Crippen LogP contribution in [0.25, 0.3) is 6.08 Å². The molecule has 2 saturated heterocycles. The molecule has 2 heterocycles. The maximum absolute atomic E-state index is 11.1. The third-order valence-corrected chi connectivity index (χ3v) is 4.39. The van der Waals surface area contributed by atoms with Crippen LogP contribution < -0.4 is 0 Å². The summed E-state index contributed by atoms with van der Waals surface area (Å²) in [6.07, 6.45) is 4.11. The highest BCUT2D eigenvalue weighted by Gasteiger charge is 2.31. The Labute approximate surface area is 149 Å². The van der Waals surface area contributed by atoms with Gasteiger partial charge >= 0.3 is 0 Å². The zero-order valence-electron chi connectivity index (χ0n) is 14.1. The molecular weight excluding hydrogens is 342 g/mol. The van der Waals surface area contributed by atoms with Crippen LogP contribution in [-0.4, -0.2) is 58.6 Å². The van der Waals surface area contributed by atoms with Crippen molar-refractivity contribution in [2.24, 2.45) is 11.0 Å². The van der Waals surface area contributed by atoms with Gasteiger partial charge in [-0.2, -0.15) is 0 Å². The molecule has 0 saturated carbocycles. The molecule has 3 rings (SSSR count). The zero-order chi connectivity index (χ0) is 18.5. The van der Waals surface area contributed by atoms with E-state index >= 15 is 0 Å². The molecule has 0 spiro atoms. The lowest BCUT2D eigenvalue weighted by Crippen LogP contribution is -2.35. The second-order valence-corrected chi connectivity index (χ2v) is 6.14. The number of hydrogen-bond donors (Lipinski definition) is 0. The quantitative estimate of drug-likeness (QED) is 0.560. The van der Waals surface area contributed by atoms with Crippen LogP contribution in [0.2, 0.25) is 0 Å². The SMILES string of the molecule is O=[N+]([O-])N=C1N(C=Cc2ccccc2[N+](=O)[O-])CCN1CC1CCOC1. The Hall–Kier alpha value is -3.01. The second kappa shape index (κ2) is 7.91. The smallest absolute Gasteiger partial charge is 0.278 e. The Morgan fingerprint density at radius 2 is 2.08 bits per heavy atom. The molecule has 0 aliphatic carbocycles. The number of hydrazone groups is 1. The minimum atomic E-state index is -0.718. The van der Waals surface area contributed by atoms with Crippen LogP contribution in [-0.2, 0) is 4.74 Å². The third-order valence-electron chi connectivity index (χ3n) is 4.39. The number of nitro benzene ring substituents is 1. The fourth-order valence-electron chi connectivity index (χ4n) is 3.12. The Balaban J connectivity index is 1.78. The topological polar surface area (TPSA) is 114 Å². The van der Waals surface area contributed by atoms with E-state index in [-0.39, 0.29) is 11.6 Å². The van der Waals surface area contributed by atoms with E-state index in [0.29, 0.717) is 44.3 Å². The summed E-state index contributed by atoms with van der Waals surface area (Å²) in [5.74, 6) is 0.572. The highest BCUT2D eigenvalue weighted by molar-refractivity contribution is 5.83. The maximum atomic E-state index is 11.1. The summed E-state index contributed by atoms with van der Waals surface area (Å²) in [6.45, 7) is 3.13. The van der Waals surface area contributed by atoms with Crippen LogP contribution in [0, 0.1) is 26.1 Å². The Bertz CT molecular complexity index is 744. The van der Waals surface area contributed by atoms with Crippen molar-refractivity contribution in [3.8, 4) is 0 Å². The number of benzene rings is 1. The molecule has 0 bridgehead atoms. The van der Waals surface area contributed by atoms with Gasteiger partial charge in [0.15, 0.2) is 5.03 Å². The zero-order valence-corrected chi connectivity index (χ0v) is 14.1. The van der Waals surface area contributed by atoms with Crippen LogP contribution in [0.5, 0.6) is 0 Å². The Kier molecular flexibility index (Phi) is 5.42. The molecule has 1 aromatic carbocycles. The van der Waals surface area contributed by atoms with E-state index in [1.807, 2.05) is 4.90 Å². The first-order chi connectivity index (χ1) is 12.5. The molecule has 138 valence electrons. The summed E-state index contributed by atoms with van der Waals surface area (Å²) in [7, 11) is 0. The largest absolute Gasteiger partial charge is 0.381 e. The summed E-state index contributed by atoms with van der Waals surface area (Å²) in [5, 5.41) is 24.8. The van der Waals surface area contributed by atoms with Gasteiger partial charge in [0.2, 0.25) is 0 Å². The van der Waals surface area contributed by atoms with Gasteiger partial charge in [0.1, 0.15) is 5.10 Å². The lowest BCUT2D eigenvalue weighted by Gasteiger charge is -2.21. The van der Waals surface area contributed by atoms with Gasteiger partial charge in [-0.25, -0.2) is 10.1 Å². The van der Waals surface area contributed by atoms with E-state index in [0.717, 1.165) is 6.42 Å². The summed E-state index contributed by atoms with van der Waals surface area (Å²) >= 11 is 0. The van der Waals surface area contributed by atoms with Gasteiger partial charge in [0, 0.05) is 44.4 Å². The van der Waals surface area contributed by atoms with Crippen molar-refractivity contribution in [1.29, 1.82) is 0 Å². The first-order valence-corrected chi connectivity index (χ1v) is 8.28. The summed E-state index contributed by atoms with van der Waals surface area (Å²) < 4.78 is 5.36. The first-order valence-electron chi connectivity index (χ1n) is 8.28. The normalized spacial score (nSPS) is 21.8. The number of ether oxygens (including phenoxy) is 1.